The van der Waals surface area contributed by atoms with Crippen LogP contribution in [0.1, 0.15) is 30.1 Å². The molecule has 2 rings (SSSR count). The van der Waals surface area contributed by atoms with Crippen LogP contribution in [0, 0.1) is 0 Å². The van der Waals surface area contributed by atoms with Gasteiger partial charge in [0.1, 0.15) is 5.75 Å². The molecule has 1 amide bonds. The minimum atomic E-state index is -0.133. The molecule has 0 N–H and O–H groups in total. The number of carbonyl (C=O) groups is 2. The molecular weight excluding hydrogens is 266 g/mol. The molecule has 0 unspecified atom stereocenters. The van der Waals surface area contributed by atoms with Crippen molar-refractivity contribution in [2.45, 2.75) is 19.8 Å². The van der Waals surface area contributed by atoms with Crippen LogP contribution in [0.15, 0.2) is 18.2 Å². The van der Waals surface area contributed by atoms with E-state index in [0.29, 0.717) is 16.3 Å². The van der Waals surface area contributed by atoms with Crippen molar-refractivity contribution in [3.8, 4) is 5.75 Å². The van der Waals surface area contributed by atoms with Gasteiger partial charge in [-0.05, 0) is 38.0 Å². The van der Waals surface area contributed by atoms with Crippen molar-refractivity contribution >= 4 is 23.3 Å². The molecule has 0 aliphatic carbocycles. The zero-order valence-electron chi connectivity index (χ0n) is 10.8. The van der Waals surface area contributed by atoms with Crippen molar-refractivity contribution in [3.63, 3.8) is 0 Å². The lowest BCUT2D eigenvalue weighted by molar-refractivity contribution is -0.132. The van der Waals surface area contributed by atoms with E-state index in [4.69, 9.17) is 16.3 Å². The molecule has 4 nitrogen and oxygen atoms in total. The third-order valence-electron chi connectivity index (χ3n) is 3.13. The summed E-state index contributed by atoms with van der Waals surface area (Å²) in [7, 11) is 0. The van der Waals surface area contributed by atoms with Gasteiger partial charge in [-0.2, -0.15) is 0 Å². The molecule has 1 aliphatic heterocycles. The highest BCUT2D eigenvalue weighted by molar-refractivity contribution is 6.31. The number of ketones is 1. The Bertz CT molecular complexity index is 495. The Morgan fingerprint density at radius 3 is 2.63 bits per heavy atom. The predicted molar refractivity (Wildman–Crippen MR) is 72.8 cm³/mol. The topological polar surface area (TPSA) is 46.6 Å². The van der Waals surface area contributed by atoms with Crippen LogP contribution in [0.5, 0.6) is 5.75 Å². The fraction of sp³-hybridized carbons (Fsp3) is 0.429. The Labute approximate surface area is 117 Å². The van der Waals surface area contributed by atoms with E-state index in [1.807, 2.05) is 0 Å². The largest absolute Gasteiger partial charge is 0.483 e. The first-order valence-electron chi connectivity index (χ1n) is 6.29. The average molecular weight is 282 g/mol. The molecule has 1 aromatic carbocycles. The highest BCUT2D eigenvalue weighted by atomic mass is 35.5. The summed E-state index contributed by atoms with van der Waals surface area (Å²) < 4.78 is 5.46. The lowest BCUT2D eigenvalue weighted by Gasteiger charge is -2.16. The first kappa shape index (κ1) is 13.9. The minimum absolute atomic E-state index is 0.0398. The molecule has 1 heterocycles. The van der Waals surface area contributed by atoms with Crippen molar-refractivity contribution in [3.05, 3.63) is 28.8 Å². The van der Waals surface area contributed by atoms with E-state index in [1.54, 1.807) is 23.1 Å². The van der Waals surface area contributed by atoms with Crippen LogP contribution in [0.3, 0.4) is 0 Å². The van der Waals surface area contributed by atoms with E-state index in [-0.39, 0.29) is 18.3 Å². The Hall–Kier alpha value is -1.55. The van der Waals surface area contributed by atoms with Crippen LogP contribution in [0.2, 0.25) is 5.02 Å². The SMILES string of the molecule is CC(=O)c1cc(Cl)ccc1OCC(=O)N1CCCC1. The Morgan fingerprint density at radius 1 is 1.32 bits per heavy atom. The standard InChI is InChI=1S/C14H16ClNO3/c1-10(17)12-8-11(15)4-5-13(12)19-9-14(18)16-6-2-3-7-16/h4-5,8H,2-3,6-7,9H2,1H3. The van der Waals surface area contributed by atoms with Crippen LogP contribution in [-0.4, -0.2) is 36.3 Å². The second kappa shape index (κ2) is 6.06. The van der Waals surface area contributed by atoms with Gasteiger partial charge in [-0.3, -0.25) is 9.59 Å². The van der Waals surface area contributed by atoms with Gasteiger partial charge in [-0.1, -0.05) is 11.6 Å². The van der Waals surface area contributed by atoms with E-state index in [0.717, 1.165) is 25.9 Å². The summed E-state index contributed by atoms with van der Waals surface area (Å²) in [5.41, 5.74) is 0.404. The first-order chi connectivity index (χ1) is 9.08. The van der Waals surface area contributed by atoms with Crippen molar-refractivity contribution < 1.29 is 14.3 Å². The van der Waals surface area contributed by atoms with Gasteiger partial charge >= 0.3 is 0 Å². The minimum Gasteiger partial charge on any atom is -0.483 e. The summed E-state index contributed by atoms with van der Waals surface area (Å²) >= 11 is 5.84. The number of likely N-dealkylation sites (tertiary alicyclic amines) is 1. The number of ether oxygens (including phenoxy) is 1. The lowest BCUT2D eigenvalue weighted by atomic mass is 10.1. The molecule has 0 saturated carbocycles. The Balaban J connectivity index is 2.02. The number of nitrogens with zero attached hydrogens (tertiary/aromatic N) is 1. The average Bonchev–Trinajstić information content (AvgIpc) is 2.90. The number of hydrogen-bond acceptors (Lipinski definition) is 3. The van der Waals surface area contributed by atoms with Gasteiger partial charge in [-0.25, -0.2) is 0 Å². The maximum atomic E-state index is 11.9. The predicted octanol–water partition coefficient (Wildman–Crippen LogP) is 2.54. The second-order valence-electron chi connectivity index (χ2n) is 4.57. The first-order valence-corrected chi connectivity index (χ1v) is 6.67. The van der Waals surface area contributed by atoms with E-state index in [1.165, 1.54) is 6.92 Å². The summed E-state index contributed by atoms with van der Waals surface area (Å²) in [5.74, 6) is 0.234. The molecule has 1 saturated heterocycles. The van der Waals surface area contributed by atoms with E-state index < -0.39 is 0 Å². The highest BCUT2D eigenvalue weighted by Gasteiger charge is 2.19. The normalized spacial score (nSPS) is 14.5. The van der Waals surface area contributed by atoms with Gasteiger partial charge < -0.3 is 9.64 Å². The van der Waals surface area contributed by atoms with Crippen LogP contribution in [0.25, 0.3) is 0 Å². The summed E-state index contributed by atoms with van der Waals surface area (Å²) in [5, 5.41) is 0.475. The highest BCUT2D eigenvalue weighted by Crippen LogP contribution is 2.23. The van der Waals surface area contributed by atoms with Gasteiger partial charge in [0.2, 0.25) is 0 Å². The van der Waals surface area contributed by atoms with Crippen LogP contribution >= 0.6 is 11.6 Å². The number of halogens is 1. The van der Waals surface area contributed by atoms with Crippen LogP contribution in [-0.2, 0) is 4.79 Å². The fourth-order valence-corrected chi connectivity index (χ4v) is 2.27. The van der Waals surface area contributed by atoms with Gasteiger partial charge in [-0.15, -0.1) is 0 Å². The molecule has 0 atom stereocenters. The summed E-state index contributed by atoms with van der Waals surface area (Å²) in [6.07, 6.45) is 2.09. The fourth-order valence-electron chi connectivity index (χ4n) is 2.10. The maximum Gasteiger partial charge on any atom is 0.260 e. The molecule has 19 heavy (non-hydrogen) atoms. The van der Waals surface area contributed by atoms with E-state index in [9.17, 15) is 9.59 Å². The third-order valence-corrected chi connectivity index (χ3v) is 3.37. The number of rotatable bonds is 4. The van der Waals surface area contributed by atoms with Gasteiger partial charge in [0.05, 0.1) is 5.56 Å². The zero-order valence-corrected chi connectivity index (χ0v) is 11.6. The molecule has 0 aromatic heterocycles. The maximum absolute atomic E-state index is 11.9. The van der Waals surface area contributed by atoms with Crippen LogP contribution in [0.4, 0.5) is 0 Å². The van der Waals surface area contributed by atoms with Gasteiger partial charge in [0, 0.05) is 18.1 Å². The molecular formula is C14H16ClNO3. The van der Waals surface area contributed by atoms with Crippen LogP contribution < -0.4 is 4.74 Å². The van der Waals surface area contributed by atoms with Crippen molar-refractivity contribution in [2.24, 2.45) is 0 Å². The molecule has 1 fully saturated rings. The van der Waals surface area contributed by atoms with Crippen molar-refractivity contribution in [1.29, 1.82) is 0 Å². The third kappa shape index (κ3) is 3.47. The summed E-state index contributed by atoms with van der Waals surface area (Å²) in [4.78, 5) is 25.1. The number of amides is 1. The molecule has 0 bridgehead atoms. The monoisotopic (exact) mass is 281 g/mol. The number of Topliss-reactive ketones (excluding diaryl/α,β-unsaturated/α-hetero) is 1. The van der Waals surface area contributed by atoms with Gasteiger partial charge in [0.15, 0.2) is 12.4 Å². The van der Waals surface area contributed by atoms with Crippen molar-refractivity contribution in [2.75, 3.05) is 19.7 Å². The van der Waals surface area contributed by atoms with E-state index in [2.05, 4.69) is 0 Å². The molecule has 0 radical (unpaired) electrons. The number of benzene rings is 1. The Morgan fingerprint density at radius 2 is 2.00 bits per heavy atom. The second-order valence-corrected chi connectivity index (χ2v) is 5.01. The molecule has 102 valence electrons. The van der Waals surface area contributed by atoms with E-state index >= 15 is 0 Å². The molecule has 0 spiro atoms. The summed E-state index contributed by atoms with van der Waals surface area (Å²) in [6.45, 7) is 2.99. The lowest BCUT2D eigenvalue weighted by Crippen LogP contribution is -2.32. The number of hydrogen-bond donors (Lipinski definition) is 0. The smallest absolute Gasteiger partial charge is 0.260 e. The molecule has 1 aromatic rings. The number of carbonyl (C=O) groups excluding carboxylic acids is 2. The molecule has 1 aliphatic rings. The van der Waals surface area contributed by atoms with Crippen molar-refractivity contribution in [1.82, 2.24) is 4.90 Å². The van der Waals surface area contributed by atoms with Gasteiger partial charge in [0.25, 0.3) is 5.91 Å². The molecule has 5 heteroatoms. The Kier molecular flexibility index (Phi) is 4.43. The summed E-state index contributed by atoms with van der Waals surface area (Å²) in [6, 6.07) is 4.82. The zero-order chi connectivity index (χ0) is 13.8. The quantitative estimate of drug-likeness (QED) is 0.797.